The first-order valence-corrected chi connectivity index (χ1v) is 6.25. The highest BCUT2D eigenvalue weighted by Gasteiger charge is 2.33. The van der Waals surface area contributed by atoms with Gasteiger partial charge in [0.2, 0.25) is 0 Å². The van der Waals surface area contributed by atoms with E-state index < -0.39 is 5.60 Å². The second kappa shape index (κ2) is 4.82. The molecule has 1 atom stereocenters. The second-order valence-electron chi connectivity index (χ2n) is 5.82. The summed E-state index contributed by atoms with van der Waals surface area (Å²) in [6, 6.07) is 0.769. The van der Waals surface area contributed by atoms with Crippen LogP contribution in [0.4, 0.5) is 4.79 Å². The van der Waals surface area contributed by atoms with Crippen molar-refractivity contribution in [2.45, 2.75) is 44.9 Å². The van der Waals surface area contributed by atoms with Crippen molar-refractivity contribution in [3.63, 3.8) is 0 Å². The van der Waals surface area contributed by atoms with Crippen molar-refractivity contribution in [3.05, 3.63) is 0 Å². The molecule has 0 unspecified atom stereocenters. The standard InChI is InChI=1S/C12H22N2O3/c1-12(2,3)17-11(15)13-9-4-5-14(6-9)10-7-16-8-10/h9-10H,4-8H2,1-3H3,(H,13,15)/t9-/m1/s1. The Kier molecular flexibility index (Phi) is 3.58. The highest BCUT2D eigenvalue weighted by Crippen LogP contribution is 2.18. The van der Waals surface area contributed by atoms with E-state index in [9.17, 15) is 4.79 Å². The lowest BCUT2D eigenvalue weighted by Crippen LogP contribution is -2.49. The Labute approximate surface area is 102 Å². The molecule has 0 aromatic carbocycles. The largest absolute Gasteiger partial charge is 0.444 e. The van der Waals surface area contributed by atoms with Gasteiger partial charge in [0.15, 0.2) is 0 Å². The van der Waals surface area contributed by atoms with Gasteiger partial charge in [-0.25, -0.2) is 4.79 Å². The summed E-state index contributed by atoms with van der Waals surface area (Å²) in [6.45, 7) is 9.23. The van der Waals surface area contributed by atoms with E-state index in [-0.39, 0.29) is 12.1 Å². The number of nitrogens with one attached hydrogen (secondary N) is 1. The molecule has 0 bridgehead atoms. The minimum atomic E-state index is -0.426. The number of rotatable bonds is 2. The van der Waals surface area contributed by atoms with E-state index >= 15 is 0 Å². The summed E-state index contributed by atoms with van der Waals surface area (Å²) >= 11 is 0. The highest BCUT2D eigenvalue weighted by atomic mass is 16.6. The molecule has 2 heterocycles. The number of nitrogens with zero attached hydrogens (tertiary/aromatic N) is 1. The van der Waals surface area contributed by atoms with Crippen molar-refractivity contribution < 1.29 is 14.3 Å². The van der Waals surface area contributed by atoms with Gasteiger partial charge < -0.3 is 14.8 Å². The Morgan fingerprint density at radius 1 is 1.41 bits per heavy atom. The molecule has 0 spiro atoms. The molecule has 0 radical (unpaired) electrons. The fourth-order valence-electron chi connectivity index (χ4n) is 2.15. The van der Waals surface area contributed by atoms with Gasteiger partial charge in [-0.2, -0.15) is 0 Å². The van der Waals surface area contributed by atoms with Crippen LogP contribution in [0.2, 0.25) is 0 Å². The third-order valence-electron chi connectivity index (χ3n) is 3.08. The normalized spacial score (nSPS) is 26.6. The lowest BCUT2D eigenvalue weighted by Gasteiger charge is -2.34. The van der Waals surface area contributed by atoms with Gasteiger partial charge in [-0.1, -0.05) is 0 Å². The zero-order chi connectivity index (χ0) is 12.5. The summed E-state index contributed by atoms with van der Waals surface area (Å²) in [5, 5.41) is 2.92. The Balaban J connectivity index is 1.71. The maximum absolute atomic E-state index is 11.6. The Hall–Kier alpha value is -0.810. The molecule has 2 fully saturated rings. The Morgan fingerprint density at radius 2 is 2.12 bits per heavy atom. The van der Waals surface area contributed by atoms with Gasteiger partial charge in [-0.05, 0) is 27.2 Å². The van der Waals surface area contributed by atoms with Crippen LogP contribution in [0.1, 0.15) is 27.2 Å². The molecular formula is C12H22N2O3. The van der Waals surface area contributed by atoms with Crippen molar-refractivity contribution in [2.75, 3.05) is 26.3 Å². The first kappa shape index (κ1) is 12.6. The number of amides is 1. The predicted octanol–water partition coefficient (Wildman–Crippen LogP) is 0.984. The molecule has 1 amide bonds. The van der Waals surface area contributed by atoms with Crippen LogP contribution in [0.25, 0.3) is 0 Å². The Bertz CT molecular complexity index is 284. The van der Waals surface area contributed by atoms with Crippen molar-refractivity contribution in [1.82, 2.24) is 10.2 Å². The molecule has 98 valence electrons. The monoisotopic (exact) mass is 242 g/mol. The van der Waals surface area contributed by atoms with E-state index in [2.05, 4.69) is 10.2 Å². The molecular weight excluding hydrogens is 220 g/mol. The van der Waals surface area contributed by atoms with Crippen LogP contribution in [0.15, 0.2) is 0 Å². The number of hydrogen-bond donors (Lipinski definition) is 1. The van der Waals surface area contributed by atoms with Gasteiger partial charge in [-0.3, -0.25) is 4.90 Å². The van der Waals surface area contributed by atoms with Crippen LogP contribution >= 0.6 is 0 Å². The van der Waals surface area contributed by atoms with Crippen LogP contribution in [-0.2, 0) is 9.47 Å². The van der Waals surface area contributed by atoms with Gasteiger partial charge >= 0.3 is 6.09 Å². The molecule has 0 aromatic rings. The fraction of sp³-hybridized carbons (Fsp3) is 0.917. The molecule has 5 heteroatoms. The third kappa shape index (κ3) is 3.57. The highest BCUT2D eigenvalue weighted by molar-refractivity contribution is 5.68. The maximum Gasteiger partial charge on any atom is 0.407 e. The number of alkyl carbamates (subject to hydrolysis) is 1. The van der Waals surface area contributed by atoms with E-state index in [0.717, 1.165) is 32.7 Å². The molecule has 2 aliphatic rings. The van der Waals surface area contributed by atoms with Gasteiger partial charge in [0, 0.05) is 19.1 Å². The molecule has 0 aromatic heterocycles. The third-order valence-corrected chi connectivity index (χ3v) is 3.08. The first-order chi connectivity index (χ1) is 7.94. The summed E-state index contributed by atoms with van der Waals surface area (Å²) in [6.07, 6.45) is 0.685. The molecule has 17 heavy (non-hydrogen) atoms. The summed E-state index contributed by atoms with van der Waals surface area (Å²) in [7, 11) is 0. The molecule has 5 nitrogen and oxygen atoms in total. The van der Waals surface area contributed by atoms with Gasteiger partial charge in [0.05, 0.1) is 19.3 Å². The van der Waals surface area contributed by atoms with Crippen molar-refractivity contribution in [1.29, 1.82) is 0 Å². The lowest BCUT2D eigenvalue weighted by molar-refractivity contribution is -0.0575. The molecule has 2 rings (SSSR count). The van der Waals surface area contributed by atoms with Crippen LogP contribution in [0.5, 0.6) is 0 Å². The lowest BCUT2D eigenvalue weighted by atomic mass is 10.2. The summed E-state index contributed by atoms with van der Waals surface area (Å²) in [4.78, 5) is 14.0. The number of carbonyl (C=O) groups excluding carboxylic acids is 1. The smallest absolute Gasteiger partial charge is 0.407 e. The van der Waals surface area contributed by atoms with E-state index in [0.29, 0.717) is 6.04 Å². The maximum atomic E-state index is 11.6. The minimum Gasteiger partial charge on any atom is -0.444 e. The number of ether oxygens (including phenoxy) is 2. The fourth-order valence-corrected chi connectivity index (χ4v) is 2.15. The summed E-state index contributed by atoms with van der Waals surface area (Å²) in [5.74, 6) is 0. The zero-order valence-corrected chi connectivity index (χ0v) is 10.9. The van der Waals surface area contributed by atoms with Crippen LogP contribution in [0.3, 0.4) is 0 Å². The number of carbonyl (C=O) groups is 1. The van der Waals surface area contributed by atoms with E-state index in [1.54, 1.807) is 0 Å². The average molecular weight is 242 g/mol. The van der Waals surface area contributed by atoms with Crippen molar-refractivity contribution in [2.24, 2.45) is 0 Å². The van der Waals surface area contributed by atoms with Crippen LogP contribution in [0, 0.1) is 0 Å². The summed E-state index contributed by atoms with van der Waals surface area (Å²) < 4.78 is 10.4. The van der Waals surface area contributed by atoms with Crippen molar-refractivity contribution >= 4 is 6.09 Å². The molecule has 0 aliphatic carbocycles. The topological polar surface area (TPSA) is 50.8 Å². The van der Waals surface area contributed by atoms with E-state index in [4.69, 9.17) is 9.47 Å². The number of hydrogen-bond acceptors (Lipinski definition) is 4. The Morgan fingerprint density at radius 3 is 2.65 bits per heavy atom. The van der Waals surface area contributed by atoms with Gasteiger partial charge in [-0.15, -0.1) is 0 Å². The predicted molar refractivity (Wildman–Crippen MR) is 64.0 cm³/mol. The van der Waals surface area contributed by atoms with E-state index in [1.165, 1.54) is 0 Å². The van der Waals surface area contributed by atoms with Crippen LogP contribution in [-0.4, -0.2) is 55.0 Å². The van der Waals surface area contributed by atoms with Crippen molar-refractivity contribution in [3.8, 4) is 0 Å². The molecule has 2 aliphatic heterocycles. The van der Waals surface area contributed by atoms with Crippen LogP contribution < -0.4 is 5.32 Å². The van der Waals surface area contributed by atoms with E-state index in [1.807, 2.05) is 20.8 Å². The van der Waals surface area contributed by atoms with Gasteiger partial charge in [0.1, 0.15) is 5.60 Å². The second-order valence-corrected chi connectivity index (χ2v) is 5.82. The average Bonchev–Trinajstić information content (AvgIpc) is 2.45. The molecule has 0 saturated carbocycles. The quantitative estimate of drug-likeness (QED) is 0.784. The SMILES string of the molecule is CC(C)(C)OC(=O)N[C@@H]1CCN(C2COC2)C1. The number of likely N-dealkylation sites (tertiary alicyclic amines) is 1. The summed E-state index contributed by atoms with van der Waals surface area (Å²) in [5.41, 5.74) is -0.426. The minimum absolute atomic E-state index is 0.213. The zero-order valence-electron chi connectivity index (χ0n) is 10.9. The van der Waals surface area contributed by atoms with Gasteiger partial charge in [0.25, 0.3) is 0 Å². The molecule has 1 N–H and O–H groups in total. The first-order valence-electron chi connectivity index (χ1n) is 6.25. The molecule has 2 saturated heterocycles.